The topological polar surface area (TPSA) is 480 Å². The van der Waals surface area contributed by atoms with Gasteiger partial charge in [0, 0.05) is 39.4 Å². The molecule has 0 radical (unpaired) electrons. The van der Waals surface area contributed by atoms with Crippen molar-refractivity contribution in [3.63, 3.8) is 0 Å². The molecule has 7 aromatic heterocycles. The zero-order chi connectivity index (χ0) is 96.7. The molecule has 10 heterocycles. The van der Waals surface area contributed by atoms with Crippen LogP contribution in [0, 0.1) is 26.2 Å². The number of halogens is 2. The molecular formula is C97H116Cl2N18O21. The summed E-state index contributed by atoms with van der Waals surface area (Å²) < 4.78 is 87.9. The maximum atomic E-state index is 12.6. The molecule has 0 unspecified atom stereocenters. The highest BCUT2D eigenvalue weighted by molar-refractivity contribution is 6.30. The van der Waals surface area contributed by atoms with Crippen molar-refractivity contribution in [2.45, 2.75) is 225 Å². The van der Waals surface area contributed by atoms with Gasteiger partial charge in [-0.05, 0) is 232 Å². The van der Waals surface area contributed by atoms with E-state index in [0.29, 0.717) is 151 Å². The van der Waals surface area contributed by atoms with Crippen molar-refractivity contribution in [2.75, 3.05) is 72.7 Å². The molecule has 5 aromatic carbocycles. The average Bonchev–Trinajstić information content (AvgIpc) is 0.978. The van der Waals surface area contributed by atoms with Crippen LogP contribution in [0.5, 0.6) is 47.6 Å². The van der Waals surface area contributed by atoms with Crippen LogP contribution < -0.4 is 64.5 Å². The number of nitrogens with zero attached hydrogens (tertiary/aromatic N) is 13. The molecule has 1 spiro atoms. The molecule has 0 bridgehead atoms. The number of pyridine rings is 1. The van der Waals surface area contributed by atoms with Crippen molar-refractivity contribution >= 4 is 74.7 Å². The summed E-state index contributed by atoms with van der Waals surface area (Å²) in [5, 5.41) is 56.6. The Morgan fingerprint density at radius 2 is 0.717 bits per heavy atom. The SMILES string of the molecule is CCCOc1nnc(C2CC(NC(=O)COc3ccc(Cl)cc3)C2)o1.CCCOc1nnc(C2CC3(CC(NC(=O)COc4ccc(Cl)cc4)C3)C2)o1.CCCOc1nnc([C@@H]2CC[C@@H](NC(=O)COc3ccc(C)cc3)CO2)o1.CCCOc1nnc([C@@H]2CC[C@@H](NC(=O)c3ccc4cc(C)ccc4n3)CO2)o1.CCCOc1nnc([C@@H]2CC[C@@H](NC(=O)c3cnc4cc(C)ccc4n3)CO2)o1. The van der Waals surface area contributed by atoms with E-state index in [0.717, 1.165) is 123 Å². The third kappa shape index (κ3) is 29.9. The third-order valence-electron chi connectivity index (χ3n) is 23.0. The lowest BCUT2D eigenvalue weighted by molar-refractivity contribution is -0.127. The van der Waals surface area contributed by atoms with Crippen LogP contribution in [0.15, 0.2) is 150 Å². The molecule has 41 heteroatoms. The number of carbonyl (C=O) groups excluding carboxylic acids is 5. The first-order valence-corrected chi connectivity index (χ1v) is 47.6. The van der Waals surface area contributed by atoms with E-state index in [9.17, 15) is 24.0 Å². The van der Waals surface area contributed by atoms with Gasteiger partial charge in [-0.2, -0.15) is 0 Å². The smallest absolute Gasteiger partial charge is 0.414 e. The molecule has 3 aliphatic carbocycles. The standard InChI is InChI=1S/C21H24N4O4.C20H24ClN3O4.C20H23N5O4.C19H25N3O5.C17H20ClN3O4/c1-3-10-27-21-25-24-20(29-21)18-9-6-15(12-28-18)22-19(26)17-8-5-14-11-13(2)4-7-16(14)23-17;1-2-7-26-19-24-23-18(28-19)13-8-20(9-13)10-15(11-20)22-17(25)12-27-16-5-3-14(21)4-6-16;1-3-8-27-20-25-24-19(29-20)17-7-5-13(11-28-17)22-18(26)16-10-21-15-9-12(2)4-6-14(15)23-16;1-3-10-24-19-22-21-18(27-19)16-9-6-14(11-26-16)20-17(23)12-25-15-7-4-13(2)5-8-15;1-2-7-23-17-21-20-16(25-17)11-8-13(9-11)19-15(22)10-24-14-5-3-12(18)4-6-14/h4-5,7-8,11,15,18H,3,6,9-10,12H2,1-2H3,(H,22,26);3-6,13,15H,2,7-12H2,1H3,(H,22,25);4,6,9-10,13,17H,3,5,7-8,11H2,1-2H3,(H,22,26);4-5,7-8,14,16H,3,6,9-12H2,1-2H3,(H,20,23);3-6,11,13H,2,7-10H2,1H3,(H,19,22)/t15-,18+;;13-,17+;14-,16+;/m1.11./s1. The van der Waals surface area contributed by atoms with E-state index in [2.05, 4.69) is 98.6 Å². The van der Waals surface area contributed by atoms with Crippen LogP contribution in [-0.4, -0.2) is 198 Å². The van der Waals surface area contributed by atoms with Gasteiger partial charge in [-0.3, -0.25) is 29.0 Å². The van der Waals surface area contributed by atoms with E-state index in [4.69, 9.17) is 97.4 Å². The fourth-order valence-corrected chi connectivity index (χ4v) is 16.1. The number of benzene rings is 5. The summed E-state index contributed by atoms with van der Waals surface area (Å²) in [4.78, 5) is 74.4. The summed E-state index contributed by atoms with van der Waals surface area (Å²) in [6.45, 7) is 19.9. The molecule has 5 N–H and O–H groups in total. The number of hydrogen-bond donors (Lipinski definition) is 5. The zero-order valence-corrected chi connectivity index (χ0v) is 79.9. The number of aryl methyl sites for hydroxylation is 3. The second-order valence-electron chi connectivity index (χ2n) is 34.5. The number of ether oxygens (including phenoxy) is 11. The molecule has 39 nitrogen and oxygen atoms in total. The Morgan fingerprint density at radius 3 is 1.14 bits per heavy atom. The Bertz CT molecular complexity index is 5700. The minimum atomic E-state index is -0.293. The second-order valence-corrected chi connectivity index (χ2v) is 35.4. The van der Waals surface area contributed by atoms with Gasteiger partial charge in [0.1, 0.15) is 46.9 Å². The lowest BCUT2D eigenvalue weighted by Gasteiger charge is -2.56. The molecule has 6 fully saturated rings. The van der Waals surface area contributed by atoms with Crippen molar-refractivity contribution in [3.05, 3.63) is 195 Å². The van der Waals surface area contributed by atoms with Gasteiger partial charge in [-0.1, -0.05) is 125 Å². The zero-order valence-electron chi connectivity index (χ0n) is 78.3. The van der Waals surface area contributed by atoms with Crippen LogP contribution in [-0.2, 0) is 28.6 Å². The predicted molar refractivity (Wildman–Crippen MR) is 499 cm³/mol. The molecule has 5 amide bonds. The number of aromatic nitrogens is 13. The van der Waals surface area contributed by atoms with Gasteiger partial charge >= 0.3 is 30.4 Å². The Labute approximate surface area is 806 Å². The van der Waals surface area contributed by atoms with E-state index >= 15 is 0 Å². The van der Waals surface area contributed by atoms with Gasteiger partial charge in [0.2, 0.25) is 29.5 Å². The summed E-state index contributed by atoms with van der Waals surface area (Å²) in [7, 11) is 0. The number of amides is 5. The minimum absolute atomic E-state index is 0.0102. The maximum absolute atomic E-state index is 12.6. The maximum Gasteiger partial charge on any atom is 0.414 e. The number of rotatable bonds is 36. The molecule has 3 saturated heterocycles. The summed E-state index contributed by atoms with van der Waals surface area (Å²) in [5.74, 6) is 3.94. The number of fused-ring (bicyclic) bond motifs is 2. The van der Waals surface area contributed by atoms with Gasteiger partial charge < -0.3 is 101 Å². The average molecular weight is 1940 g/mol. The van der Waals surface area contributed by atoms with Gasteiger partial charge in [0.15, 0.2) is 19.8 Å². The molecule has 12 aromatic rings. The first-order chi connectivity index (χ1) is 67.1. The van der Waals surface area contributed by atoms with Gasteiger partial charge in [0.25, 0.3) is 29.5 Å². The van der Waals surface area contributed by atoms with Crippen LogP contribution in [0.25, 0.3) is 21.9 Å². The van der Waals surface area contributed by atoms with Crippen LogP contribution in [0.1, 0.15) is 241 Å². The molecule has 6 aliphatic rings. The van der Waals surface area contributed by atoms with Crippen LogP contribution in [0.3, 0.4) is 0 Å². The fraction of sp³-hybridized carbons (Fsp3) is 0.485. The highest BCUT2D eigenvalue weighted by Gasteiger charge is 2.55. The van der Waals surface area contributed by atoms with Crippen LogP contribution >= 0.6 is 23.2 Å². The van der Waals surface area contributed by atoms with Crippen LogP contribution in [0.2, 0.25) is 10.0 Å². The first-order valence-electron chi connectivity index (χ1n) is 46.8. The van der Waals surface area contributed by atoms with E-state index < -0.39 is 0 Å². The molecule has 734 valence electrons. The Morgan fingerprint density at radius 1 is 0.355 bits per heavy atom. The number of hydrogen-bond acceptors (Lipinski definition) is 34. The van der Waals surface area contributed by atoms with E-state index in [-0.39, 0.29) is 140 Å². The van der Waals surface area contributed by atoms with Crippen LogP contribution in [0.4, 0.5) is 0 Å². The van der Waals surface area contributed by atoms with Crippen molar-refractivity contribution in [2.24, 2.45) is 5.41 Å². The summed E-state index contributed by atoms with van der Waals surface area (Å²) in [6.07, 6.45) is 15.8. The lowest BCUT2D eigenvalue weighted by Crippen LogP contribution is -2.56. The molecule has 3 aliphatic heterocycles. The number of nitrogens with one attached hydrogen (secondary N) is 5. The monoisotopic (exact) mass is 1940 g/mol. The lowest BCUT2D eigenvalue weighted by atomic mass is 9.50. The second kappa shape index (κ2) is 50.2. The van der Waals surface area contributed by atoms with Crippen molar-refractivity contribution in [1.82, 2.24) is 92.5 Å². The van der Waals surface area contributed by atoms with Gasteiger partial charge in [-0.25, -0.2) is 9.97 Å². The quantitative estimate of drug-likeness (QED) is 0.0243. The van der Waals surface area contributed by atoms with Crippen molar-refractivity contribution in [1.29, 1.82) is 0 Å². The van der Waals surface area contributed by atoms with Gasteiger partial charge in [-0.15, -0.1) is 25.5 Å². The Balaban J connectivity index is 0.000000138. The summed E-state index contributed by atoms with van der Waals surface area (Å²) in [6, 6.07) is 36.9. The third-order valence-corrected chi connectivity index (χ3v) is 23.5. The van der Waals surface area contributed by atoms with Crippen molar-refractivity contribution < 1.29 is 98.2 Å². The molecular weight excluding hydrogens is 1820 g/mol. The predicted octanol–water partition coefficient (Wildman–Crippen LogP) is 15.4. The molecule has 138 heavy (non-hydrogen) atoms. The van der Waals surface area contributed by atoms with E-state index in [1.807, 2.05) is 116 Å². The summed E-state index contributed by atoms with van der Waals surface area (Å²) in [5.41, 5.74) is 6.67. The fourth-order valence-electron chi connectivity index (χ4n) is 15.8. The largest absolute Gasteiger partial charge is 0.484 e. The van der Waals surface area contributed by atoms with Gasteiger partial charge in [0.05, 0.1) is 93.7 Å². The minimum Gasteiger partial charge on any atom is -0.484 e. The van der Waals surface area contributed by atoms with E-state index in [1.165, 1.54) is 6.20 Å². The normalized spacial score (nSPS) is 20.6. The molecule has 3 saturated carbocycles. The Kier molecular flexibility index (Phi) is 36.6. The van der Waals surface area contributed by atoms with E-state index in [1.54, 1.807) is 54.6 Å². The number of carbonyl (C=O) groups is 5. The molecule has 18 rings (SSSR count). The first kappa shape index (κ1) is 101. The highest BCUT2D eigenvalue weighted by atomic mass is 35.5. The summed E-state index contributed by atoms with van der Waals surface area (Å²) >= 11 is 11.6. The van der Waals surface area contributed by atoms with Crippen molar-refractivity contribution in [3.8, 4) is 47.6 Å². The Hall–Kier alpha value is -13.2. The highest BCUT2D eigenvalue weighted by Crippen LogP contribution is 2.62. The molecule has 6 atom stereocenters.